The number of nitrogens with zero attached hydrogens (tertiary/aromatic N) is 2. The molecule has 0 amide bonds. The number of nitro benzene ring substituents is 1. The van der Waals surface area contributed by atoms with Crippen LogP contribution in [0.1, 0.15) is 24.2 Å². The molecule has 0 radical (unpaired) electrons. The zero-order valence-electron chi connectivity index (χ0n) is 12.4. The molecule has 8 nitrogen and oxygen atoms in total. The number of rotatable bonds is 8. The molecule has 22 heavy (non-hydrogen) atoms. The molecule has 0 atom stereocenters. The first kappa shape index (κ1) is 20.1. The summed E-state index contributed by atoms with van der Waals surface area (Å²) in [4.78, 5) is 24.2. The molecule has 0 saturated heterocycles. The Balaban J connectivity index is 0.00000441. The van der Waals surface area contributed by atoms with Crippen LogP contribution in [0.15, 0.2) is 18.2 Å². The maximum absolute atomic E-state index is 11.9. The Bertz CT molecular complexity index is 508. The highest BCUT2D eigenvalue weighted by Crippen LogP contribution is 2.23. The van der Waals surface area contributed by atoms with Gasteiger partial charge in [0.25, 0.3) is 5.69 Å². The average Bonchev–Trinajstić information content (AvgIpc) is 2.50. The molecule has 0 aliphatic rings. The van der Waals surface area contributed by atoms with Gasteiger partial charge in [0, 0.05) is 12.6 Å². The van der Waals surface area contributed by atoms with Crippen molar-refractivity contribution in [2.75, 3.05) is 31.7 Å². The molecule has 9 heteroatoms. The Kier molecular flexibility index (Phi) is 9.07. The Morgan fingerprint density at radius 2 is 2.05 bits per heavy atom. The second-order valence-corrected chi connectivity index (χ2v) is 4.26. The van der Waals surface area contributed by atoms with Crippen molar-refractivity contribution < 1.29 is 19.7 Å². The fourth-order valence-corrected chi connectivity index (χ4v) is 1.81. The number of hydrogen-bond acceptors (Lipinski definition) is 7. The van der Waals surface area contributed by atoms with Gasteiger partial charge in [0.2, 0.25) is 0 Å². The monoisotopic (exact) mass is 333 g/mol. The maximum Gasteiger partial charge on any atom is 0.345 e. The summed E-state index contributed by atoms with van der Waals surface area (Å²) in [7, 11) is 0. The zero-order valence-corrected chi connectivity index (χ0v) is 13.3. The molecule has 0 fully saturated rings. The normalized spacial score (nSPS) is 10.0. The quantitative estimate of drug-likeness (QED) is 0.427. The van der Waals surface area contributed by atoms with Gasteiger partial charge >= 0.3 is 5.97 Å². The van der Waals surface area contributed by atoms with Crippen LogP contribution in [0.2, 0.25) is 0 Å². The molecule has 0 unspecified atom stereocenters. The van der Waals surface area contributed by atoms with Gasteiger partial charge in [-0.15, -0.1) is 12.4 Å². The van der Waals surface area contributed by atoms with Crippen molar-refractivity contribution in [3.8, 4) is 0 Å². The van der Waals surface area contributed by atoms with Crippen LogP contribution in [0.5, 0.6) is 0 Å². The zero-order chi connectivity index (χ0) is 15.8. The van der Waals surface area contributed by atoms with Crippen molar-refractivity contribution in [1.29, 1.82) is 0 Å². The lowest BCUT2D eigenvalue weighted by Gasteiger charge is -2.17. The van der Waals surface area contributed by atoms with E-state index in [-0.39, 0.29) is 30.3 Å². The standard InChI is InChI=1S/C13H19N3O5.ClH/c1-3-15(4-2)7-8-21-13(17)11-6-5-10(14-18)9-12(11)16(19)20;/h5-6,9,14,18H,3-4,7-8H2,1-2H3;1H. The summed E-state index contributed by atoms with van der Waals surface area (Å²) in [6.07, 6.45) is 0. The lowest BCUT2D eigenvalue weighted by atomic mass is 10.1. The highest BCUT2D eigenvalue weighted by molar-refractivity contribution is 5.94. The topological polar surface area (TPSA) is 105 Å². The van der Waals surface area contributed by atoms with Gasteiger partial charge in [-0.1, -0.05) is 13.8 Å². The van der Waals surface area contributed by atoms with E-state index in [4.69, 9.17) is 9.94 Å². The van der Waals surface area contributed by atoms with Crippen LogP contribution in [0.3, 0.4) is 0 Å². The maximum atomic E-state index is 11.9. The molecule has 0 saturated carbocycles. The van der Waals surface area contributed by atoms with E-state index in [2.05, 4.69) is 4.90 Å². The molecule has 0 heterocycles. The third kappa shape index (κ3) is 5.47. The summed E-state index contributed by atoms with van der Waals surface area (Å²) >= 11 is 0. The van der Waals surface area contributed by atoms with Crippen LogP contribution in [0.4, 0.5) is 11.4 Å². The van der Waals surface area contributed by atoms with Crippen LogP contribution < -0.4 is 5.48 Å². The summed E-state index contributed by atoms with van der Waals surface area (Å²) in [5.74, 6) is -0.752. The van der Waals surface area contributed by atoms with Gasteiger partial charge in [-0.2, -0.15) is 0 Å². The van der Waals surface area contributed by atoms with Crippen molar-refractivity contribution >= 4 is 29.8 Å². The summed E-state index contributed by atoms with van der Waals surface area (Å²) in [6.45, 7) is 6.41. The number of ether oxygens (including phenoxy) is 1. The van der Waals surface area contributed by atoms with E-state index in [9.17, 15) is 14.9 Å². The van der Waals surface area contributed by atoms with Crippen LogP contribution in [-0.4, -0.2) is 47.2 Å². The van der Waals surface area contributed by atoms with Crippen molar-refractivity contribution in [3.05, 3.63) is 33.9 Å². The van der Waals surface area contributed by atoms with Gasteiger partial charge in [0.05, 0.1) is 10.6 Å². The second-order valence-electron chi connectivity index (χ2n) is 4.26. The number of anilines is 1. The van der Waals surface area contributed by atoms with Crippen molar-refractivity contribution in [1.82, 2.24) is 4.90 Å². The van der Waals surface area contributed by atoms with E-state index in [0.717, 1.165) is 19.2 Å². The molecule has 1 rings (SSSR count). The highest BCUT2D eigenvalue weighted by Gasteiger charge is 2.22. The molecule has 0 aliphatic carbocycles. The Morgan fingerprint density at radius 3 is 2.55 bits per heavy atom. The Hall–Kier alpha value is -1.90. The minimum atomic E-state index is -0.752. The van der Waals surface area contributed by atoms with E-state index in [0.29, 0.717) is 6.54 Å². The van der Waals surface area contributed by atoms with Gasteiger partial charge in [0.15, 0.2) is 0 Å². The van der Waals surface area contributed by atoms with Gasteiger partial charge in [-0.3, -0.25) is 20.8 Å². The molecule has 0 aromatic heterocycles. The number of hydrogen-bond donors (Lipinski definition) is 2. The molecular formula is C13H20ClN3O5. The largest absolute Gasteiger partial charge is 0.461 e. The van der Waals surface area contributed by atoms with Gasteiger partial charge in [-0.25, -0.2) is 4.79 Å². The number of carbonyl (C=O) groups excluding carboxylic acids is 1. The van der Waals surface area contributed by atoms with Gasteiger partial charge < -0.3 is 9.64 Å². The predicted molar refractivity (Wildman–Crippen MR) is 83.8 cm³/mol. The summed E-state index contributed by atoms with van der Waals surface area (Å²) in [5.41, 5.74) is 1.37. The predicted octanol–water partition coefficient (Wildman–Crippen LogP) is 2.32. The van der Waals surface area contributed by atoms with Crippen LogP contribution in [0, 0.1) is 10.1 Å². The van der Waals surface area contributed by atoms with Crippen molar-refractivity contribution in [2.24, 2.45) is 0 Å². The SMILES string of the molecule is CCN(CC)CCOC(=O)c1ccc(NO)cc1[N+](=O)[O-].Cl. The second kappa shape index (κ2) is 9.93. The average molecular weight is 334 g/mol. The van der Waals surface area contributed by atoms with Crippen molar-refractivity contribution in [3.63, 3.8) is 0 Å². The highest BCUT2D eigenvalue weighted by atomic mass is 35.5. The molecule has 0 spiro atoms. The summed E-state index contributed by atoms with van der Waals surface area (Å²) < 4.78 is 5.06. The van der Waals surface area contributed by atoms with Gasteiger partial charge in [0.1, 0.15) is 12.2 Å². The fourth-order valence-electron chi connectivity index (χ4n) is 1.81. The number of nitro groups is 1. The number of carbonyl (C=O) groups is 1. The third-order valence-electron chi connectivity index (χ3n) is 3.08. The first-order valence-corrected chi connectivity index (χ1v) is 6.61. The molecule has 124 valence electrons. The van der Waals surface area contributed by atoms with E-state index < -0.39 is 16.6 Å². The fraction of sp³-hybridized carbons (Fsp3) is 0.462. The van der Waals surface area contributed by atoms with E-state index >= 15 is 0 Å². The molecule has 0 bridgehead atoms. The van der Waals surface area contributed by atoms with E-state index in [1.807, 2.05) is 13.8 Å². The van der Waals surface area contributed by atoms with Gasteiger partial charge in [-0.05, 0) is 25.2 Å². The van der Waals surface area contributed by atoms with Crippen LogP contribution in [0.25, 0.3) is 0 Å². The molecule has 1 aromatic rings. The lowest BCUT2D eigenvalue weighted by molar-refractivity contribution is -0.385. The van der Waals surface area contributed by atoms with Crippen LogP contribution >= 0.6 is 12.4 Å². The number of benzene rings is 1. The molecular weight excluding hydrogens is 314 g/mol. The number of halogens is 1. The Labute approximate surface area is 134 Å². The van der Waals surface area contributed by atoms with E-state index in [1.165, 1.54) is 12.1 Å². The first-order chi connectivity index (χ1) is 10.0. The molecule has 2 N–H and O–H groups in total. The lowest BCUT2D eigenvalue weighted by Crippen LogP contribution is -2.28. The first-order valence-electron chi connectivity index (χ1n) is 6.61. The third-order valence-corrected chi connectivity index (χ3v) is 3.08. The minimum Gasteiger partial charge on any atom is -0.461 e. The molecule has 0 aliphatic heterocycles. The van der Waals surface area contributed by atoms with Crippen LogP contribution in [-0.2, 0) is 4.74 Å². The smallest absolute Gasteiger partial charge is 0.345 e. The van der Waals surface area contributed by atoms with Crippen molar-refractivity contribution in [2.45, 2.75) is 13.8 Å². The molecule has 1 aromatic carbocycles. The van der Waals surface area contributed by atoms with E-state index in [1.54, 1.807) is 5.48 Å². The number of likely N-dealkylation sites (N-methyl/N-ethyl adjacent to an activating group) is 1. The Morgan fingerprint density at radius 1 is 1.41 bits per heavy atom. The number of nitrogens with one attached hydrogen (secondary N) is 1. The number of esters is 1. The minimum absolute atomic E-state index is 0. The summed E-state index contributed by atoms with van der Waals surface area (Å²) in [6, 6.07) is 3.67. The summed E-state index contributed by atoms with van der Waals surface area (Å²) in [5, 5.41) is 19.7.